The van der Waals surface area contributed by atoms with Crippen molar-refractivity contribution < 1.29 is 73.8 Å². The van der Waals surface area contributed by atoms with Crippen molar-refractivity contribution in [1.29, 1.82) is 0 Å². The molecule has 0 aromatic carbocycles. The van der Waals surface area contributed by atoms with E-state index in [1.54, 1.807) is 38.1 Å². The second-order valence-electron chi connectivity index (χ2n) is 13.4. The molecule has 5 heterocycles. The van der Waals surface area contributed by atoms with Crippen LogP contribution in [-0.2, 0) is 47.5 Å². The van der Waals surface area contributed by atoms with Crippen LogP contribution in [-0.4, -0.2) is 92.7 Å². The van der Waals surface area contributed by atoms with Crippen molar-refractivity contribution in [2.24, 2.45) is 0 Å². The number of ether oxygens (including phenoxy) is 2. The molecule has 1 amide bonds. The molecule has 56 heavy (non-hydrogen) atoms. The first-order valence-corrected chi connectivity index (χ1v) is 23.4. The van der Waals surface area contributed by atoms with Crippen molar-refractivity contribution in [1.82, 2.24) is 19.3 Å². The predicted octanol–water partition coefficient (Wildman–Crippen LogP) is 3.52. The Balaban J connectivity index is 1.12. The second-order valence-corrected chi connectivity index (χ2v) is 20.8. The monoisotopic (exact) mass is 890 g/mol. The first-order valence-electron chi connectivity index (χ1n) is 16.6. The highest BCUT2D eigenvalue weighted by Gasteiger charge is 2.53. The summed E-state index contributed by atoms with van der Waals surface area (Å²) in [5.74, 6) is -0.406. The van der Waals surface area contributed by atoms with Gasteiger partial charge in [-0.1, -0.05) is 21.6 Å². The van der Waals surface area contributed by atoms with Crippen LogP contribution in [0.5, 0.6) is 0 Å². The molecule has 0 bridgehead atoms. The van der Waals surface area contributed by atoms with E-state index < -0.39 is 65.9 Å². The Hall–Kier alpha value is -2.47. The number of carbonyl (C=O) groups is 1. The van der Waals surface area contributed by atoms with Crippen LogP contribution in [0.3, 0.4) is 0 Å². The van der Waals surface area contributed by atoms with Gasteiger partial charge in [0.15, 0.2) is 5.70 Å². The van der Waals surface area contributed by atoms with E-state index in [2.05, 4.69) is 18.9 Å². The summed E-state index contributed by atoms with van der Waals surface area (Å²) in [6, 6.07) is 4.56. The average Bonchev–Trinajstić information content (AvgIpc) is 3.74. The highest BCUT2D eigenvalue weighted by atomic mass is 33.1. The van der Waals surface area contributed by atoms with E-state index in [0.717, 1.165) is 19.1 Å². The summed E-state index contributed by atoms with van der Waals surface area (Å²) in [5.41, 5.74) is 7.16. The largest absolute Gasteiger partial charge is 0.737 e. The molecule has 3 aliphatic rings. The molecule has 20 nitrogen and oxygen atoms in total. The molecule has 28 heteroatoms. The molecule has 0 radical (unpaired) electrons. The van der Waals surface area contributed by atoms with Crippen molar-refractivity contribution >= 4 is 75.5 Å². The van der Waals surface area contributed by atoms with Crippen molar-refractivity contribution in [2.75, 3.05) is 24.8 Å². The van der Waals surface area contributed by atoms with Gasteiger partial charge in [0, 0.05) is 60.7 Å². The number of phosphoric acid groups is 3. The highest BCUT2D eigenvalue weighted by molar-refractivity contribution is 8.77. The van der Waals surface area contributed by atoms with E-state index in [1.807, 2.05) is 13.8 Å². The number of nitrogens with one attached hydrogen (secondary N) is 1. The van der Waals surface area contributed by atoms with Crippen LogP contribution in [0, 0.1) is 0 Å². The zero-order valence-corrected chi connectivity index (χ0v) is 34.5. The van der Waals surface area contributed by atoms with E-state index in [1.165, 1.54) is 33.9 Å². The number of nitrogens with two attached hydrogens (primary N) is 1. The van der Waals surface area contributed by atoms with Gasteiger partial charge < -0.3 is 57.7 Å². The Morgan fingerprint density at radius 1 is 1.14 bits per heavy atom. The predicted molar refractivity (Wildman–Crippen MR) is 202 cm³/mol. The average molecular weight is 891 g/mol. The fraction of sp³-hybridized carbons (Fsp3) is 0.500. The van der Waals surface area contributed by atoms with E-state index in [0.29, 0.717) is 22.8 Å². The highest BCUT2D eigenvalue weighted by Crippen LogP contribution is 2.66. The fourth-order valence-electron chi connectivity index (χ4n) is 6.18. The number of nitrogens with zero attached hydrogens (tertiary/aromatic N) is 4. The number of fused-ring (bicyclic) bond motifs is 2. The minimum absolute atomic E-state index is 0.0115. The number of rotatable bonds is 18. The quantitative estimate of drug-likeness (QED) is 0.0411. The van der Waals surface area contributed by atoms with Gasteiger partial charge in [0.1, 0.15) is 29.8 Å². The lowest BCUT2D eigenvalue weighted by molar-refractivity contribution is -0.362. The minimum atomic E-state index is -5.77. The molecule has 0 aliphatic carbocycles. The molecule has 2 aromatic heterocycles. The number of anilines is 1. The third kappa shape index (κ3) is 11.2. The number of allylic oxidation sites excluding steroid dienone is 2. The maximum Gasteiger partial charge on any atom is 0.737 e. The van der Waals surface area contributed by atoms with Gasteiger partial charge in [-0.2, -0.15) is 13.6 Å². The number of carbonyl (C=O) groups excluding carboxylic acids is 1. The second kappa shape index (κ2) is 17.0. The van der Waals surface area contributed by atoms with E-state index in [9.17, 15) is 33.1 Å². The topological polar surface area (TPSA) is 276 Å². The third-order valence-corrected chi connectivity index (χ3v) is 15.2. The first-order chi connectivity index (χ1) is 25.9. The molecule has 7 N–H and O–H groups in total. The lowest BCUT2D eigenvalue weighted by Crippen LogP contribution is -2.50. The van der Waals surface area contributed by atoms with E-state index in [4.69, 9.17) is 29.5 Å². The number of hydrogen-bond acceptors (Lipinski definition) is 14. The smallest absolute Gasteiger partial charge is 0.394 e. The Bertz CT molecular complexity index is 2160. The number of aryl methyl sites for hydroxylation is 1. The van der Waals surface area contributed by atoms with Crippen LogP contribution in [0.25, 0.3) is 6.08 Å². The van der Waals surface area contributed by atoms with Crippen molar-refractivity contribution in [3.8, 4) is 0 Å². The lowest BCUT2D eigenvalue weighted by Gasteiger charge is -2.31. The molecule has 1 fully saturated rings. The van der Waals surface area contributed by atoms with Crippen LogP contribution in [0.2, 0.25) is 0 Å². The minimum Gasteiger partial charge on any atom is -0.394 e. The van der Waals surface area contributed by atoms with Crippen LogP contribution < -0.4 is 16.7 Å². The molecule has 3 aliphatic heterocycles. The Morgan fingerprint density at radius 3 is 2.54 bits per heavy atom. The number of aromatic nitrogens is 3. The summed E-state index contributed by atoms with van der Waals surface area (Å²) >= 11 is 0. The molecular formula is C28H40BF2N6O14P3S2. The van der Waals surface area contributed by atoms with Crippen LogP contribution >= 0.6 is 45.1 Å². The van der Waals surface area contributed by atoms with Gasteiger partial charge in [0.05, 0.1) is 12.7 Å². The summed E-state index contributed by atoms with van der Waals surface area (Å²) < 4.78 is 93.0. The van der Waals surface area contributed by atoms with Crippen molar-refractivity contribution in [3.63, 3.8) is 0 Å². The SMILES string of the molecule is CC1=CC(C)=[N+]2C1=Cc1ccc(CCC(=O)NCC(C)(C)SSCOC3C[C@H](n4ccc(N)nc4=O)O[C@@H]3COP(=O)(O)OP(=O)(O)OP(=O)(O)O)n1[B-]2(F)F. The summed E-state index contributed by atoms with van der Waals surface area (Å²) in [5, 5.41) is 2.84. The van der Waals surface area contributed by atoms with Gasteiger partial charge >= 0.3 is 36.1 Å². The Morgan fingerprint density at radius 2 is 1.86 bits per heavy atom. The summed E-state index contributed by atoms with van der Waals surface area (Å²) in [7, 11) is -14.3. The third-order valence-electron chi connectivity index (χ3n) is 8.50. The van der Waals surface area contributed by atoms with Gasteiger partial charge in [0.2, 0.25) is 5.91 Å². The fourth-order valence-corrected chi connectivity index (χ4v) is 11.4. The van der Waals surface area contributed by atoms with Gasteiger partial charge in [-0.25, -0.2) is 18.5 Å². The van der Waals surface area contributed by atoms with Crippen LogP contribution in [0.1, 0.15) is 58.2 Å². The molecular weight excluding hydrogens is 850 g/mol. The molecule has 5 atom stereocenters. The standard InChI is InChI=1S/C28H40BF2N6O14P3S2/c1-17-11-18(2)36-21(17)12-20-6-5-19(37(20)29(36,30)31)7-8-25(38)33-15-28(3,4)56-55-16-47-22-13-26(35-10-9-24(32)34-27(35)39)49-23(22)14-48-53(43,44)51-54(45,46)50-52(40,41)42/h5-6,9-12,22-23,26H,7-8,13-16H2,1-4H3,(H,33,38)(H,43,44)(H,45,46)(H2,32,34,39)(H2,40,41,42)/t22?,23-,26-/m1/s1. The summed E-state index contributed by atoms with van der Waals surface area (Å²) in [6.07, 6.45) is 1.65. The number of amides is 1. The Kier molecular flexibility index (Phi) is 13.6. The number of phosphoric ester groups is 1. The molecule has 5 rings (SSSR count). The maximum absolute atomic E-state index is 15.7. The number of nitrogen functional groups attached to an aromatic ring is 1. The van der Waals surface area contributed by atoms with Crippen LogP contribution in [0.15, 0.2) is 46.5 Å². The van der Waals surface area contributed by atoms with E-state index >= 15 is 8.63 Å². The maximum atomic E-state index is 15.7. The van der Waals surface area contributed by atoms with E-state index in [-0.39, 0.29) is 43.5 Å². The normalized spacial score (nSPS) is 22.9. The van der Waals surface area contributed by atoms with Gasteiger partial charge in [-0.15, -0.1) is 0 Å². The molecule has 1 saturated heterocycles. The molecule has 3 unspecified atom stereocenters. The molecule has 0 spiro atoms. The molecule has 2 aromatic rings. The van der Waals surface area contributed by atoms with Gasteiger partial charge in [-0.3, -0.25) is 13.9 Å². The zero-order chi connectivity index (χ0) is 41.4. The summed E-state index contributed by atoms with van der Waals surface area (Å²) in [6.45, 7) is 2.37. The lowest BCUT2D eigenvalue weighted by atomic mass is 9.89. The van der Waals surface area contributed by atoms with Crippen molar-refractivity contribution in [3.05, 3.63) is 63.6 Å². The van der Waals surface area contributed by atoms with Gasteiger partial charge in [-0.05, 0) is 51.1 Å². The summed E-state index contributed by atoms with van der Waals surface area (Å²) in [4.78, 5) is 65.8. The number of halogens is 2. The molecule has 310 valence electrons. The van der Waals surface area contributed by atoms with Gasteiger partial charge in [0.25, 0.3) is 0 Å². The number of hydrogen-bond donors (Lipinski definition) is 6. The Labute approximate surface area is 326 Å². The zero-order valence-electron chi connectivity index (χ0n) is 30.2. The van der Waals surface area contributed by atoms with Crippen molar-refractivity contribution in [2.45, 2.75) is 70.1 Å². The first kappa shape index (κ1) is 44.6. The van der Waals surface area contributed by atoms with Crippen LogP contribution in [0.4, 0.5) is 14.4 Å². The molecule has 0 saturated carbocycles.